The molecule has 2 aromatic heterocycles. The van der Waals surface area contributed by atoms with Gasteiger partial charge in [-0.3, -0.25) is 4.40 Å². The van der Waals surface area contributed by atoms with E-state index >= 15 is 0 Å². The van der Waals surface area contributed by atoms with Crippen LogP contribution in [0.25, 0.3) is 16.9 Å². The van der Waals surface area contributed by atoms with E-state index in [-0.39, 0.29) is 0 Å². The minimum Gasteiger partial charge on any atom is -0.475 e. The molecule has 2 saturated carbocycles. The van der Waals surface area contributed by atoms with Crippen molar-refractivity contribution in [2.24, 2.45) is 0 Å². The van der Waals surface area contributed by atoms with Crippen molar-refractivity contribution < 1.29 is 23.1 Å². The van der Waals surface area contributed by atoms with Gasteiger partial charge in [-0.2, -0.15) is 13.2 Å². The molecule has 0 unspecified atom stereocenters. The molecule has 2 fully saturated rings. The van der Waals surface area contributed by atoms with Crippen LogP contribution in [0.4, 0.5) is 19.0 Å². The number of fused-ring (bicyclic) bond motifs is 1. The van der Waals surface area contributed by atoms with Gasteiger partial charge in [0.1, 0.15) is 17.2 Å². The number of aliphatic carboxylic acids is 1. The maximum atomic E-state index is 10.6. The summed E-state index contributed by atoms with van der Waals surface area (Å²) in [5, 5.41) is 11.8. The quantitative estimate of drug-likeness (QED) is 0.347. The molecule has 1 aromatic carbocycles. The Labute approximate surface area is 219 Å². The zero-order valence-electron chi connectivity index (χ0n) is 21.1. The summed E-state index contributed by atoms with van der Waals surface area (Å²) in [6.07, 6.45) is 10.6. The SMILES string of the molecule is Cc1ccn2c(NC3CCCCC3)c(-c3ccc(SC4CCCCC4)cc3)nc2c1.O=C(O)C(F)(F)F. The molecule has 0 amide bonds. The van der Waals surface area contributed by atoms with Crippen molar-refractivity contribution in [1.82, 2.24) is 9.38 Å². The molecule has 5 rings (SSSR count). The predicted molar refractivity (Wildman–Crippen MR) is 142 cm³/mol. The zero-order chi connectivity index (χ0) is 26.4. The average Bonchev–Trinajstić information content (AvgIpc) is 3.22. The van der Waals surface area contributed by atoms with Gasteiger partial charge in [0, 0.05) is 27.9 Å². The summed E-state index contributed by atoms with van der Waals surface area (Å²) >= 11 is 2.07. The summed E-state index contributed by atoms with van der Waals surface area (Å²) in [5.41, 5.74) is 4.58. The Morgan fingerprint density at radius 2 is 1.59 bits per heavy atom. The maximum Gasteiger partial charge on any atom is 0.490 e. The summed E-state index contributed by atoms with van der Waals surface area (Å²) in [6, 6.07) is 14.1. The Balaban J connectivity index is 0.000000405. The fraction of sp³-hybridized carbons (Fsp3) is 0.500. The third-order valence-electron chi connectivity index (χ3n) is 6.95. The molecule has 0 saturated heterocycles. The van der Waals surface area contributed by atoms with Crippen molar-refractivity contribution >= 4 is 29.2 Å². The number of aryl methyl sites for hydroxylation is 1. The lowest BCUT2D eigenvalue weighted by atomic mass is 9.95. The molecule has 2 N–H and O–H groups in total. The topological polar surface area (TPSA) is 66.6 Å². The summed E-state index contributed by atoms with van der Waals surface area (Å²) < 4.78 is 34.0. The number of hydrogen-bond acceptors (Lipinski definition) is 4. The Hall–Kier alpha value is -2.68. The predicted octanol–water partition coefficient (Wildman–Crippen LogP) is 8.11. The average molecular weight is 534 g/mol. The number of carboxylic acid groups (broad SMARTS) is 1. The summed E-state index contributed by atoms with van der Waals surface area (Å²) in [4.78, 5) is 15.3. The Morgan fingerprint density at radius 1 is 1.00 bits per heavy atom. The van der Waals surface area contributed by atoms with Gasteiger partial charge in [0.2, 0.25) is 0 Å². The van der Waals surface area contributed by atoms with E-state index in [1.807, 2.05) is 0 Å². The molecule has 5 nitrogen and oxygen atoms in total. The molecule has 0 bridgehead atoms. The number of rotatable bonds is 5. The van der Waals surface area contributed by atoms with Gasteiger partial charge < -0.3 is 10.4 Å². The van der Waals surface area contributed by atoms with Gasteiger partial charge in [-0.25, -0.2) is 9.78 Å². The lowest BCUT2D eigenvalue weighted by Crippen LogP contribution is -2.23. The fourth-order valence-corrected chi connectivity index (χ4v) is 6.24. The van der Waals surface area contributed by atoms with E-state index in [1.54, 1.807) is 0 Å². The number of imidazole rings is 1. The van der Waals surface area contributed by atoms with Crippen LogP contribution in [-0.4, -0.2) is 37.9 Å². The van der Waals surface area contributed by atoms with Gasteiger partial charge in [0.25, 0.3) is 0 Å². The Kier molecular flexibility index (Phi) is 9.05. The van der Waals surface area contributed by atoms with Crippen LogP contribution < -0.4 is 5.32 Å². The number of nitrogens with zero attached hydrogens (tertiary/aromatic N) is 2. The first-order valence-electron chi connectivity index (χ1n) is 13.0. The van der Waals surface area contributed by atoms with Crippen molar-refractivity contribution in [3.05, 3.63) is 48.2 Å². The first-order chi connectivity index (χ1) is 17.7. The molecule has 0 aliphatic heterocycles. The van der Waals surface area contributed by atoms with Crippen LogP contribution in [0.2, 0.25) is 0 Å². The number of pyridine rings is 1. The highest BCUT2D eigenvalue weighted by atomic mass is 32.2. The third kappa shape index (κ3) is 7.43. The Morgan fingerprint density at radius 3 is 2.19 bits per heavy atom. The van der Waals surface area contributed by atoms with Crippen LogP contribution in [0.5, 0.6) is 0 Å². The van der Waals surface area contributed by atoms with Crippen LogP contribution in [-0.2, 0) is 4.79 Å². The smallest absolute Gasteiger partial charge is 0.475 e. The largest absolute Gasteiger partial charge is 0.490 e. The van der Waals surface area contributed by atoms with E-state index in [4.69, 9.17) is 14.9 Å². The Bertz CT molecular complexity index is 1180. The van der Waals surface area contributed by atoms with Crippen LogP contribution in [0.3, 0.4) is 0 Å². The molecule has 0 spiro atoms. The highest BCUT2D eigenvalue weighted by Gasteiger charge is 2.38. The second-order valence-electron chi connectivity index (χ2n) is 9.93. The van der Waals surface area contributed by atoms with Crippen molar-refractivity contribution in [2.75, 3.05) is 5.32 Å². The lowest BCUT2D eigenvalue weighted by Gasteiger charge is -2.24. The van der Waals surface area contributed by atoms with E-state index < -0.39 is 12.1 Å². The van der Waals surface area contributed by atoms with E-state index in [2.05, 4.69) is 71.0 Å². The second-order valence-corrected chi connectivity index (χ2v) is 11.3. The first kappa shape index (κ1) is 27.4. The van der Waals surface area contributed by atoms with E-state index in [9.17, 15) is 13.2 Å². The summed E-state index contributed by atoms with van der Waals surface area (Å²) in [6.45, 7) is 2.14. The number of carboxylic acids is 1. The standard InChI is InChI=1S/C26H33N3S.C2HF3O2/c1-19-16-17-29-24(18-19)28-25(26(29)27-21-8-4-2-5-9-21)20-12-14-23(15-13-20)30-22-10-6-3-7-11-22;3-2(4,5)1(6)7/h12-18,21-22,27H,2-11H2,1H3;(H,6,7). The van der Waals surface area contributed by atoms with Crippen molar-refractivity contribution in [3.63, 3.8) is 0 Å². The van der Waals surface area contributed by atoms with Crippen molar-refractivity contribution in [2.45, 2.75) is 93.5 Å². The number of anilines is 1. The highest BCUT2D eigenvalue weighted by molar-refractivity contribution is 8.00. The highest BCUT2D eigenvalue weighted by Crippen LogP contribution is 2.36. The van der Waals surface area contributed by atoms with Crippen molar-refractivity contribution in [3.8, 4) is 11.3 Å². The molecule has 3 aromatic rings. The molecule has 200 valence electrons. The van der Waals surface area contributed by atoms with Crippen molar-refractivity contribution in [1.29, 1.82) is 0 Å². The minimum absolute atomic E-state index is 0.555. The number of carbonyl (C=O) groups is 1. The molecular formula is C28H34F3N3O2S. The van der Waals surface area contributed by atoms with Crippen LogP contribution in [0, 0.1) is 6.92 Å². The van der Waals surface area contributed by atoms with Crippen LogP contribution >= 0.6 is 11.8 Å². The number of hydrogen-bond donors (Lipinski definition) is 2. The third-order valence-corrected chi connectivity index (χ3v) is 8.30. The van der Waals surface area contributed by atoms with Crippen LogP contribution in [0.15, 0.2) is 47.5 Å². The summed E-state index contributed by atoms with van der Waals surface area (Å²) in [5.74, 6) is -1.60. The van der Waals surface area contributed by atoms with Gasteiger partial charge in [0.05, 0.1) is 0 Å². The molecule has 2 heterocycles. The minimum atomic E-state index is -5.08. The van der Waals surface area contributed by atoms with Crippen LogP contribution in [0.1, 0.15) is 69.8 Å². The normalized spacial score (nSPS) is 17.3. The van der Waals surface area contributed by atoms with Gasteiger partial charge in [-0.05, 0) is 62.4 Å². The van der Waals surface area contributed by atoms with Gasteiger partial charge in [-0.1, -0.05) is 50.7 Å². The van der Waals surface area contributed by atoms with Gasteiger partial charge in [-0.15, -0.1) is 11.8 Å². The molecule has 2 aliphatic carbocycles. The fourth-order valence-electron chi connectivity index (χ4n) is 4.99. The number of thioether (sulfide) groups is 1. The zero-order valence-corrected chi connectivity index (χ0v) is 21.9. The monoisotopic (exact) mass is 533 g/mol. The van der Waals surface area contributed by atoms with E-state index in [0.29, 0.717) is 6.04 Å². The number of aromatic nitrogens is 2. The second kappa shape index (κ2) is 12.2. The van der Waals surface area contributed by atoms with E-state index in [0.717, 1.165) is 22.4 Å². The molecule has 0 radical (unpaired) electrons. The first-order valence-corrected chi connectivity index (χ1v) is 13.9. The molecule has 37 heavy (non-hydrogen) atoms. The molecule has 0 atom stereocenters. The maximum absolute atomic E-state index is 10.6. The summed E-state index contributed by atoms with van der Waals surface area (Å²) in [7, 11) is 0. The lowest BCUT2D eigenvalue weighted by molar-refractivity contribution is -0.192. The number of alkyl halides is 3. The van der Waals surface area contributed by atoms with Gasteiger partial charge >= 0.3 is 12.1 Å². The number of benzene rings is 1. The molecule has 9 heteroatoms. The molecule has 2 aliphatic rings. The van der Waals surface area contributed by atoms with E-state index in [1.165, 1.54) is 80.2 Å². The molecular weight excluding hydrogens is 499 g/mol. The van der Waals surface area contributed by atoms with Gasteiger partial charge in [0.15, 0.2) is 0 Å². The number of halogens is 3. The number of nitrogens with one attached hydrogen (secondary N) is 1.